The Bertz CT molecular complexity index is 488. The summed E-state index contributed by atoms with van der Waals surface area (Å²) in [4.78, 5) is 4.29. The summed E-state index contributed by atoms with van der Waals surface area (Å²) in [6.45, 7) is 0.590. The lowest BCUT2D eigenvalue weighted by molar-refractivity contribution is 0.431. The van der Waals surface area contributed by atoms with Crippen LogP contribution in [0.5, 0.6) is 0 Å². The Morgan fingerprint density at radius 3 is 2.82 bits per heavy atom. The van der Waals surface area contributed by atoms with E-state index in [1.54, 1.807) is 0 Å². The van der Waals surface area contributed by atoms with Crippen molar-refractivity contribution in [1.29, 1.82) is 0 Å². The molecule has 2 aliphatic carbocycles. The van der Waals surface area contributed by atoms with E-state index in [2.05, 4.69) is 15.3 Å². The highest BCUT2D eigenvalue weighted by Gasteiger charge is 2.28. The molecule has 2 aromatic heterocycles. The summed E-state index contributed by atoms with van der Waals surface area (Å²) in [7, 11) is 0. The second-order valence-corrected chi connectivity index (χ2v) is 5.05. The second-order valence-electron chi connectivity index (χ2n) is 5.05. The van der Waals surface area contributed by atoms with E-state index in [-0.39, 0.29) is 0 Å². The maximum absolute atomic E-state index is 5.70. The summed E-state index contributed by atoms with van der Waals surface area (Å²) in [5.41, 5.74) is 1.11. The van der Waals surface area contributed by atoms with Crippen molar-refractivity contribution < 1.29 is 4.42 Å². The third-order valence-electron chi connectivity index (χ3n) is 3.40. The molecule has 5 nitrogen and oxygen atoms in total. The fraction of sp³-hybridized carbons (Fsp3) is 0.583. The third kappa shape index (κ3) is 1.85. The Morgan fingerprint density at radius 2 is 2.06 bits per heavy atom. The molecule has 0 radical (unpaired) electrons. The van der Waals surface area contributed by atoms with Crippen molar-refractivity contribution in [3.8, 4) is 0 Å². The van der Waals surface area contributed by atoms with Crippen LogP contribution in [0.3, 0.4) is 0 Å². The fourth-order valence-corrected chi connectivity index (χ4v) is 2.05. The van der Waals surface area contributed by atoms with E-state index >= 15 is 0 Å². The van der Waals surface area contributed by atoms with Gasteiger partial charge in [0, 0.05) is 18.0 Å². The van der Waals surface area contributed by atoms with Gasteiger partial charge < -0.3 is 4.42 Å². The van der Waals surface area contributed by atoms with Gasteiger partial charge in [-0.1, -0.05) is 5.21 Å². The largest absolute Gasteiger partial charge is 0.443 e. The quantitative estimate of drug-likeness (QED) is 0.806. The molecule has 0 N–H and O–H groups in total. The maximum Gasteiger partial charge on any atom is 0.216 e. The van der Waals surface area contributed by atoms with Crippen molar-refractivity contribution in [2.24, 2.45) is 0 Å². The van der Waals surface area contributed by atoms with Gasteiger partial charge in [-0.15, -0.1) is 5.10 Å². The summed E-state index contributed by atoms with van der Waals surface area (Å²) >= 11 is 0. The number of nitrogens with zero attached hydrogens (tertiary/aromatic N) is 4. The minimum atomic E-state index is 0.590. The zero-order valence-corrected chi connectivity index (χ0v) is 9.54. The van der Waals surface area contributed by atoms with Crippen molar-refractivity contribution in [3.05, 3.63) is 29.7 Å². The summed E-state index contributed by atoms with van der Waals surface area (Å²) < 4.78 is 7.51. The monoisotopic (exact) mass is 230 g/mol. The molecule has 0 bridgehead atoms. The lowest BCUT2D eigenvalue weighted by Gasteiger charge is -1.94. The van der Waals surface area contributed by atoms with Gasteiger partial charge in [-0.2, -0.15) is 0 Å². The molecule has 5 heteroatoms. The van der Waals surface area contributed by atoms with Gasteiger partial charge in [0.05, 0.1) is 11.9 Å². The smallest absolute Gasteiger partial charge is 0.216 e. The molecule has 2 aliphatic rings. The van der Waals surface area contributed by atoms with Crippen molar-refractivity contribution >= 4 is 0 Å². The number of hydrogen-bond acceptors (Lipinski definition) is 4. The van der Waals surface area contributed by atoms with Crippen LogP contribution in [-0.4, -0.2) is 20.0 Å². The van der Waals surface area contributed by atoms with Gasteiger partial charge in [-0.3, -0.25) is 0 Å². The van der Waals surface area contributed by atoms with Crippen LogP contribution in [0.15, 0.2) is 16.8 Å². The van der Waals surface area contributed by atoms with Gasteiger partial charge in [0.1, 0.15) is 12.3 Å². The van der Waals surface area contributed by atoms with Crippen LogP contribution in [0.4, 0.5) is 0 Å². The van der Waals surface area contributed by atoms with Crippen molar-refractivity contribution in [3.63, 3.8) is 0 Å². The van der Waals surface area contributed by atoms with Crippen LogP contribution < -0.4 is 0 Å². The molecular weight excluding hydrogens is 216 g/mol. The molecule has 0 atom stereocenters. The molecular formula is C12H14N4O. The zero-order valence-electron chi connectivity index (χ0n) is 9.54. The normalized spacial score (nSPS) is 19.8. The molecule has 2 aromatic rings. The SMILES string of the molecule is c1nc(Cn2cc(C3CC3)nn2)oc1C1CC1. The molecule has 0 saturated heterocycles. The fourth-order valence-electron chi connectivity index (χ4n) is 2.05. The standard InChI is InChI=1S/C12H14N4O/c1-2-8(1)10-6-16(15-14-10)7-12-13-5-11(17-12)9-3-4-9/h5-6,8-9H,1-4,7H2. The Balaban J connectivity index is 1.50. The lowest BCUT2D eigenvalue weighted by Crippen LogP contribution is -2.00. The summed E-state index contributed by atoms with van der Waals surface area (Å²) in [5, 5.41) is 8.28. The molecule has 2 heterocycles. The summed E-state index contributed by atoms with van der Waals surface area (Å²) in [6, 6.07) is 0. The van der Waals surface area contributed by atoms with Crippen LogP contribution in [-0.2, 0) is 6.54 Å². The molecule has 17 heavy (non-hydrogen) atoms. The molecule has 88 valence electrons. The molecule has 0 spiro atoms. The van der Waals surface area contributed by atoms with E-state index in [1.807, 2.05) is 17.1 Å². The summed E-state index contributed by atoms with van der Waals surface area (Å²) in [6.07, 6.45) is 8.85. The van der Waals surface area contributed by atoms with E-state index < -0.39 is 0 Å². The topological polar surface area (TPSA) is 56.7 Å². The van der Waals surface area contributed by atoms with Gasteiger partial charge in [0.15, 0.2) is 0 Å². The number of aromatic nitrogens is 4. The van der Waals surface area contributed by atoms with Crippen LogP contribution >= 0.6 is 0 Å². The van der Waals surface area contributed by atoms with Gasteiger partial charge in [-0.05, 0) is 25.7 Å². The second kappa shape index (κ2) is 3.42. The minimum Gasteiger partial charge on any atom is -0.443 e. The number of rotatable bonds is 4. The van der Waals surface area contributed by atoms with Gasteiger partial charge in [-0.25, -0.2) is 9.67 Å². The van der Waals surface area contributed by atoms with E-state index in [1.165, 1.54) is 25.7 Å². The van der Waals surface area contributed by atoms with Crippen molar-refractivity contribution in [2.75, 3.05) is 0 Å². The highest BCUT2D eigenvalue weighted by molar-refractivity contribution is 5.10. The number of oxazole rings is 1. The summed E-state index contributed by atoms with van der Waals surface area (Å²) in [5.74, 6) is 3.03. The van der Waals surface area contributed by atoms with E-state index in [9.17, 15) is 0 Å². The molecule has 0 unspecified atom stereocenters. The minimum absolute atomic E-state index is 0.590. The average Bonchev–Trinajstić information content (AvgIpc) is 3.27. The van der Waals surface area contributed by atoms with Crippen molar-refractivity contribution in [2.45, 2.75) is 44.1 Å². The first-order valence-corrected chi connectivity index (χ1v) is 6.23. The van der Waals surface area contributed by atoms with Gasteiger partial charge in [0.25, 0.3) is 0 Å². The first kappa shape index (κ1) is 9.39. The Morgan fingerprint density at radius 1 is 1.24 bits per heavy atom. The van der Waals surface area contributed by atoms with Crippen LogP contribution in [0.2, 0.25) is 0 Å². The first-order valence-electron chi connectivity index (χ1n) is 6.23. The van der Waals surface area contributed by atoms with E-state index in [4.69, 9.17) is 4.42 Å². The van der Waals surface area contributed by atoms with Crippen molar-refractivity contribution in [1.82, 2.24) is 20.0 Å². The predicted octanol–water partition coefficient (Wildman–Crippen LogP) is 2.07. The zero-order chi connectivity index (χ0) is 11.2. The average molecular weight is 230 g/mol. The van der Waals surface area contributed by atoms with Gasteiger partial charge in [0.2, 0.25) is 5.89 Å². The van der Waals surface area contributed by atoms with Crippen LogP contribution in [0, 0.1) is 0 Å². The molecule has 2 fully saturated rings. The van der Waals surface area contributed by atoms with Crippen LogP contribution in [0.1, 0.15) is 54.9 Å². The molecule has 0 aliphatic heterocycles. The Hall–Kier alpha value is -1.65. The highest BCUT2D eigenvalue weighted by atomic mass is 16.4. The Kier molecular flexibility index (Phi) is 1.89. The predicted molar refractivity (Wildman–Crippen MR) is 59.6 cm³/mol. The third-order valence-corrected chi connectivity index (χ3v) is 3.40. The Labute approximate surface area is 98.8 Å². The maximum atomic E-state index is 5.70. The van der Waals surface area contributed by atoms with Crippen LogP contribution in [0.25, 0.3) is 0 Å². The molecule has 0 aromatic carbocycles. The molecule has 2 saturated carbocycles. The lowest BCUT2D eigenvalue weighted by atomic mass is 10.3. The van der Waals surface area contributed by atoms with E-state index in [0.717, 1.165) is 17.3 Å². The molecule has 0 amide bonds. The van der Waals surface area contributed by atoms with Gasteiger partial charge >= 0.3 is 0 Å². The first-order chi connectivity index (χ1) is 8.38. The molecule has 4 rings (SSSR count). The number of hydrogen-bond donors (Lipinski definition) is 0. The van der Waals surface area contributed by atoms with E-state index in [0.29, 0.717) is 18.4 Å². The highest BCUT2D eigenvalue weighted by Crippen LogP contribution is 2.40.